The summed E-state index contributed by atoms with van der Waals surface area (Å²) in [6.45, 7) is 0. The second-order valence-electron chi connectivity index (χ2n) is 3.86. The molecule has 0 saturated heterocycles. The number of anilines is 2. The third-order valence-electron chi connectivity index (χ3n) is 2.33. The molecule has 0 aliphatic carbocycles. The average Bonchev–Trinajstić information content (AvgIpc) is 2.41. The van der Waals surface area contributed by atoms with Crippen molar-refractivity contribution in [2.75, 3.05) is 10.6 Å². The van der Waals surface area contributed by atoms with Crippen molar-refractivity contribution in [1.29, 1.82) is 0 Å². The molecule has 2 rings (SSSR count). The topological polar surface area (TPSA) is 66.9 Å². The van der Waals surface area contributed by atoms with Crippen LogP contribution in [0.25, 0.3) is 0 Å². The van der Waals surface area contributed by atoms with Crippen LogP contribution < -0.4 is 10.6 Å². The van der Waals surface area contributed by atoms with E-state index in [0.717, 1.165) is 12.1 Å². The normalized spacial score (nSPS) is 11.0. The second-order valence-corrected chi connectivity index (χ2v) is 4.27. The number of aromatic nitrogens is 2. The van der Waals surface area contributed by atoms with Crippen molar-refractivity contribution in [1.82, 2.24) is 9.97 Å². The molecule has 0 aliphatic rings. The van der Waals surface area contributed by atoms with Gasteiger partial charge in [-0.15, -0.1) is 0 Å². The van der Waals surface area contributed by atoms with E-state index in [9.17, 15) is 18.0 Å². The molecule has 1 aromatic carbocycles. The Morgan fingerprint density at radius 2 is 1.95 bits per heavy atom. The Kier molecular flexibility index (Phi) is 4.27. The predicted octanol–water partition coefficient (Wildman–Crippen LogP) is 3.79. The van der Waals surface area contributed by atoms with Crippen LogP contribution in [0.3, 0.4) is 0 Å². The van der Waals surface area contributed by atoms with Crippen molar-refractivity contribution in [2.24, 2.45) is 0 Å². The first kappa shape index (κ1) is 15.0. The minimum Gasteiger partial charge on any atom is -0.308 e. The van der Waals surface area contributed by atoms with Gasteiger partial charge in [-0.1, -0.05) is 11.6 Å². The third kappa shape index (κ3) is 4.06. The van der Waals surface area contributed by atoms with Gasteiger partial charge in [-0.25, -0.2) is 9.78 Å². The highest BCUT2D eigenvalue weighted by atomic mass is 35.5. The molecule has 1 heterocycles. The van der Waals surface area contributed by atoms with Gasteiger partial charge in [0.1, 0.15) is 0 Å². The monoisotopic (exact) mass is 316 g/mol. The molecule has 0 fully saturated rings. The summed E-state index contributed by atoms with van der Waals surface area (Å²) in [6.07, 6.45) is -0.531. The lowest BCUT2D eigenvalue weighted by Gasteiger charge is -2.12. The summed E-state index contributed by atoms with van der Waals surface area (Å²) in [5.41, 5.74) is -1.07. The fourth-order valence-electron chi connectivity index (χ4n) is 1.46. The lowest BCUT2D eigenvalue weighted by atomic mass is 10.2. The number of alkyl halides is 3. The standard InChI is InChI=1S/C12H8ClF3N4O/c13-9-2-1-7(5-8(9)12(14,15)16)19-11(21)20-10-6-17-3-4-18-10/h1-6H,(H2,18,19,20,21). The minimum absolute atomic E-state index is 0.0480. The predicted molar refractivity (Wildman–Crippen MR) is 71.1 cm³/mol. The summed E-state index contributed by atoms with van der Waals surface area (Å²) in [4.78, 5) is 19.2. The maximum Gasteiger partial charge on any atom is 0.417 e. The SMILES string of the molecule is O=C(Nc1ccc(Cl)c(C(F)(F)F)c1)Nc1cnccn1. The number of rotatable bonds is 2. The molecular weight excluding hydrogens is 309 g/mol. The first-order chi connectivity index (χ1) is 9.86. The van der Waals surface area contributed by atoms with E-state index >= 15 is 0 Å². The van der Waals surface area contributed by atoms with Gasteiger partial charge in [0.25, 0.3) is 0 Å². The molecule has 0 saturated carbocycles. The van der Waals surface area contributed by atoms with Crippen molar-refractivity contribution in [3.05, 3.63) is 47.4 Å². The first-order valence-electron chi connectivity index (χ1n) is 5.57. The summed E-state index contributed by atoms with van der Waals surface area (Å²) < 4.78 is 38.0. The average molecular weight is 317 g/mol. The van der Waals surface area contributed by atoms with Gasteiger partial charge in [-0.05, 0) is 18.2 Å². The van der Waals surface area contributed by atoms with Gasteiger partial charge < -0.3 is 5.32 Å². The summed E-state index contributed by atoms with van der Waals surface area (Å²) >= 11 is 5.48. The number of nitrogens with zero attached hydrogens (tertiary/aromatic N) is 2. The Bertz CT molecular complexity index is 649. The van der Waals surface area contributed by atoms with Crippen LogP contribution in [0.1, 0.15) is 5.56 Å². The van der Waals surface area contributed by atoms with Crippen molar-refractivity contribution < 1.29 is 18.0 Å². The maximum atomic E-state index is 12.7. The van der Waals surface area contributed by atoms with Crippen molar-refractivity contribution in [3.63, 3.8) is 0 Å². The summed E-state index contributed by atoms with van der Waals surface area (Å²) in [5, 5.41) is 4.14. The summed E-state index contributed by atoms with van der Waals surface area (Å²) in [6, 6.07) is 2.32. The third-order valence-corrected chi connectivity index (χ3v) is 2.66. The fraction of sp³-hybridized carbons (Fsp3) is 0.0833. The van der Waals surface area contributed by atoms with E-state index in [1.54, 1.807) is 0 Å². The Morgan fingerprint density at radius 3 is 2.57 bits per heavy atom. The van der Waals surface area contributed by atoms with Gasteiger partial charge in [-0.2, -0.15) is 13.2 Å². The van der Waals surface area contributed by atoms with Gasteiger partial charge >= 0.3 is 12.2 Å². The van der Waals surface area contributed by atoms with Crippen molar-refractivity contribution >= 4 is 29.1 Å². The van der Waals surface area contributed by atoms with Crippen molar-refractivity contribution in [3.8, 4) is 0 Å². The highest BCUT2D eigenvalue weighted by Crippen LogP contribution is 2.36. The molecule has 0 radical (unpaired) electrons. The number of urea groups is 1. The zero-order valence-electron chi connectivity index (χ0n) is 10.3. The molecule has 0 aliphatic heterocycles. The highest BCUT2D eigenvalue weighted by Gasteiger charge is 2.33. The quantitative estimate of drug-likeness (QED) is 0.885. The minimum atomic E-state index is -4.60. The highest BCUT2D eigenvalue weighted by molar-refractivity contribution is 6.31. The Balaban J connectivity index is 2.11. The van der Waals surface area contributed by atoms with Gasteiger partial charge in [-0.3, -0.25) is 10.3 Å². The van der Waals surface area contributed by atoms with Gasteiger partial charge in [0.2, 0.25) is 0 Å². The number of amides is 2. The molecule has 2 aromatic rings. The van der Waals surface area contributed by atoms with E-state index in [-0.39, 0.29) is 11.5 Å². The van der Waals surface area contributed by atoms with Gasteiger partial charge in [0.05, 0.1) is 16.8 Å². The number of carbonyl (C=O) groups is 1. The molecule has 2 amide bonds. The lowest BCUT2D eigenvalue weighted by Crippen LogP contribution is -2.20. The molecule has 9 heteroatoms. The van der Waals surface area contributed by atoms with Crippen LogP contribution in [0, 0.1) is 0 Å². The van der Waals surface area contributed by atoms with E-state index in [0.29, 0.717) is 0 Å². The summed E-state index contributed by atoms with van der Waals surface area (Å²) in [7, 11) is 0. The van der Waals surface area contributed by atoms with E-state index in [1.165, 1.54) is 24.7 Å². The molecule has 2 N–H and O–H groups in total. The molecule has 0 bridgehead atoms. The lowest BCUT2D eigenvalue weighted by molar-refractivity contribution is -0.137. The van der Waals surface area contributed by atoms with Crippen LogP contribution in [0.2, 0.25) is 5.02 Å². The van der Waals surface area contributed by atoms with E-state index in [2.05, 4.69) is 20.6 Å². The Morgan fingerprint density at radius 1 is 1.19 bits per heavy atom. The second kappa shape index (κ2) is 5.96. The number of benzene rings is 1. The van der Waals surface area contributed by atoms with Crippen LogP contribution in [0.4, 0.5) is 29.5 Å². The maximum absolute atomic E-state index is 12.7. The van der Waals surface area contributed by atoms with Crippen molar-refractivity contribution in [2.45, 2.75) is 6.18 Å². The van der Waals surface area contributed by atoms with Gasteiger partial charge in [0.15, 0.2) is 5.82 Å². The van der Waals surface area contributed by atoms with E-state index < -0.39 is 22.8 Å². The Hall–Kier alpha value is -2.35. The molecule has 110 valence electrons. The van der Waals surface area contributed by atoms with Crippen LogP contribution in [-0.4, -0.2) is 16.0 Å². The van der Waals surface area contributed by atoms with Crippen LogP contribution in [0.5, 0.6) is 0 Å². The number of hydrogen-bond acceptors (Lipinski definition) is 3. The zero-order chi connectivity index (χ0) is 15.5. The van der Waals surface area contributed by atoms with Crippen LogP contribution >= 0.6 is 11.6 Å². The number of nitrogens with one attached hydrogen (secondary N) is 2. The first-order valence-corrected chi connectivity index (χ1v) is 5.95. The molecular formula is C12H8ClF3N4O. The largest absolute Gasteiger partial charge is 0.417 e. The molecule has 5 nitrogen and oxygen atoms in total. The molecule has 1 aromatic heterocycles. The van der Waals surface area contributed by atoms with Crippen LogP contribution in [-0.2, 0) is 6.18 Å². The number of carbonyl (C=O) groups excluding carboxylic acids is 1. The summed E-state index contributed by atoms with van der Waals surface area (Å²) in [5.74, 6) is 0.167. The molecule has 0 spiro atoms. The Labute approximate surface area is 122 Å². The smallest absolute Gasteiger partial charge is 0.308 e. The fourth-order valence-corrected chi connectivity index (χ4v) is 1.69. The van der Waals surface area contributed by atoms with Crippen LogP contribution in [0.15, 0.2) is 36.8 Å². The van der Waals surface area contributed by atoms with Gasteiger partial charge in [0, 0.05) is 18.1 Å². The zero-order valence-corrected chi connectivity index (χ0v) is 11.0. The molecule has 0 atom stereocenters. The van der Waals surface area contributed by atoms with E-state index in [1.807, 2.05) is 0 Å². The molecule has 21 heavy (non-hydrogen) atoms. The van der Waals surface area contributed by atoms with E-state index in [4.69, 9.17) is 11.6 Å². The number of hydrogen-bond donors (Lipinski definition) is 2. The number of halogens is 4. The molecule has 0 unspecified atom stereocenters.